The number of hydrogen-bond donors (Lipinski definition) is 0. The van der Waals surface area contributed by atoms with Crippen LogP contribution in [-0.4, -0.2) is 31.4 Å². The van der Waals surface area contributed by atoms with Crippen LogP contribution in [0.2, 0.25) is 0 Å². The van der Waals surface area contributed by atoms with Crippen LogP contribution in [-0.2, 0) is 14.3 Å². The van der Waals surface area contributed by atoms with E-state index in [4.69, 9.17) is 4.74 Å². The van der Waals surface area contributed by atoms with E-state index in [-0.39, 0.29) is 5.78 Å². The average molecular weight is 247 g/mol. The molecule has 1 heterocycles. The highest BCUT2D eigenvalue weighted by molar-refractivity contribution is 6.00. The first-order valence-electron chi connectivity index (χ1n) is 6.21. The van der Waals surface area contributed by atoms with Gasteiger partial charge in [-0.15, -0.1) is 0 Å². The minimum atomic E-state index is -0.640. The lowest BCUT2D eigenvalue weighted by atomic mass is 9.96. The lowest BCUT2D eigenvalue weighted by molar-refractivity contribution is -0.151. The predicted molar refractivity (Wildman–Crippen MR) is 68.4 cm³/mol. The second-order valence-corrected chi connectivity index (χ2v) is 4.30. The first kappa shape index (κ1) is 12.6. The first-order valence-corrected chi connectivity index (χ1v) is 6.21. The summed E-state index contributed by atoms with van der Waals surface area (Å²) in [6, 6.07) is 9.81. The number of rotatable bonds is 3. The molecule has 1 atom stereocenters. The van der Waals surface area contributed by atoms with Gasteiger partial charge in [-0.2, -0.15) is 0 Å². The summed E-state index contributed by atoms with van der Waals surface area (Å²) >= 11 is 0. The Hall–Kier alpha value is -1.84. The highest BCUT2D eigenvalue weighted by Gasteiger charge is 2.33. The number of nitrogens with zero attached hydrogens (tertiary/aromatic N) is 1. The van der Waals surface area contributed by atoms with E-state index in [1.807, 2.05) is 30.3 Å². The van der Waals surface area contributed by atoms with Crippen molar-refractivity contribution in [2.45, 2.75) is 13.3 Å². The van der Waals surface area contributed by atoms with Crippen LogP contribution in [0.5, 0.6) is 0 Å². The van der Waals surface area contributed by atoms with Crippen molar-refractivity contribution in [1.82, 2.24) is 0 Å². The number of piperidine rings is 1. The smallest absolute Gasteiger partial charge is 0.318 e. The molecule has 2 rings (SSSR count). The van der Waals surface area contributed by atoms with Gasteiger partial charge in [-0.25, -0.2) is 0 Å². The summed E-state index contributed by atoms with van der Waals surface area (Å²) in [7, 11) is 0. The molecule has 1 aromatic rings. The molecule has 1 saturated heterocycles. The number of ketones is 1. The van der Waals surface area contributed by atoms with Crippen molar-refractivity contribution < 1.29 is 14.3 Å². The van der Waals surface area contributed by atoms with Gasteiger partial charge in [0.05, 0.1) is 6.61 Å². The largest absolute Gasteiger partial charge is 0.465 e. The van der Waals surface area contributed by atoms with Gasteiger partial charge in [-0.1, -0.05) is 18.2 Å². The number of anilines is 1. The van der Waals surface area contributed by atoms with Crippen molar-refractivity contribution in [3.05, 3.63) is 30.3 Å². The van der Waals surface area contributed by atoms with Crippen LogP contribution in [0.1, 0.15) is 13.3 Å². The number of carbonyl (C=O) groups excluding carboxylic acids is 2. The zero-order chi connectivity index (χ0) is 13.0. The summed E-state index contributed by atoms with van der Waals surface area (Å²) in [6.45, 7) is 3.15. The molecule has 0 N–H and O–H groups in total. The second-order valence-electron chi connectivity index (χ2n) is 4.30. The minimum absolute atomic E-state index is 0.0133. The zero-order valence-electron chi connectivity index (χ0n) is 10.5. The molecule has 0 spiro atoms. The van der Waals surface area contributed by atoms with Gasteiger partial charge in [0.1, 0.15) is 5.92 Å². The molecule has 0 saturated carbocycles. The van der Waals surface area contributed by atoms with E-state index < -0.39 is 11.9 Å². The van der Waals surface area contributed by atoms with Crippen molar-refractivity contribution in [3.63, 3.8) is 0 Å². The second kappa shape index (κ2) is 5.67. The molecule has 0 aromatic heterocycles. The number of ether oxygens (including phenoxy) is 1. The molecule has 0 unspecified atom stereocenters. The van der Waals surface area contributed by atoms with Crippen LogP contribution in [0.25, 0.3) is 0 Å². The van der Waals surface area contributed by atoms with Gasteiger partial charge in [0.15, 0.2) is 5.78 Å². The topological polar surface area (TPSA) is 46.6 Å². The quantitative estimate of drug-likeness (QED) is 0.602. The summed E-state index contributed by atoms with van der Waals surface area (Å²) in [4.78, 5) is 25.5. The van der Waals surface area contributed by atoms with Crippen LogP contribution in [0.4, 0.5) is 5.69 Å². The summed E-state index contributed by atoms with van der Waals surface area (Å²) in [5.41, 5.74) is 1.04. The summed E-state index contributed by atoms with van der Waals surface area (Å²) in [5, 5.41) is 0. The highest BCUT2D eigenvalue weighted by Crippen LogP contribution is 2.21. The molecule has 0 bridgehead atoms. The number of esters is 1. The standard InChI is InChI=1S/C14H17NO3/c1-2-18-14(17)12-10-15(9-8-13(12)16)11-6-4-3-5-7-11/h3-7,12H,2,8-10H2,1H3/t12-/m1/s1. The lowest BCUT2D eigenvalue weighted by Gasteiger charge is -2.32. The molecule has 96 valence electrons. The van der Waals surface area contributed by atoms with Crippen molar-refractivity contribution in [2.24, 2.45) is 5.92 Å². The Bertz CT molecular complexity index is 430. The van der Waals surface area contributed by atoms with E-state index in [2.05, 4.69) is 4.90 Å². The molecule has 1 aliphatic heterocycles. The summed E-state index contributed by atoms with van der Waals surface area (Å²) in [5.74, 6) is -1.05. The SMILES string of the molecule is CCOC(=O)[C@@H]1CN(c2ccccc2)CCC1=O. The Kier molecular flexibility index (Phi) is 3.97. The van der Waals surface area contributed by atoms with Gasteiger partial charge in [-0.05, 0) is 19.1 Å². The van der Waals surface area contributed by atoms with Crippen LogP contribution in [0, 0.1) is 5.92 Å². The van der Waals surface area contributed by atoms with Crippen molar-refractivity contribution in [2.75, 3.05) is 24.6 Å². The Labute approximate surface area is 107 Å². The number of para-hydroxylation sites is 1. The van der Waals surface area contributed by atoms with E-state index in [9.17, 15) is 9.59 Å². The fourth-order valence-corrected chi connectivity index (χ4v) is 2.16. The Morgan fingerprint density at radius 2 is 2.11 bits per heavy atom. The molecule has 4 heteroatoms. The zero-order valence-corrected chi connectivity index (χ0v) is 10.5. The van der Waals surface area contributed by atoms with Crippen molar-refractivity contribution >= 4 is 17.4 Å². The number of carbonyl (C=O) groups is 2. The predicted octanol–water partition coefficient (Wildman–Crippen LogP) is 1.65. The summed E-state index contributed by atoms with van der Waals surface area (Å²) in [6.07, 6.45) is 0.401. The molecule has 1 aliphatic rings. The van der Waals surface area contributed by atoms with Gasteiger partial charge in [0.2, 0.25) is 0 Å². The molecule has 18 heavy (non-hydrogen) atoms. The minimum Gasteiger partial charge on any atom is -0.465 e. The maximum Gasteiger partial charge on any atom is 0.318 e. The van der Waals surface area contributed by atoms with Gasteiger partial charge in [0.25, 0.3) is 0 Å². The summed E-state index contributed by atoms with van der Waals surface area (Å²) < 4.78 is 4.95. The van der Waals surface area contributed by atoms with E-state index in [0.717, 1.165) is 5.69 Å². The fraction of sp³-hybridized carbons (Fsp3) is 0.429. The Balaban J connectivity index is 2.09. The van der Waals surface area contributed by atoms with Gasteiger partial charge in [0, 0.05) is 25.2 Å². The first-order chi connectivity index (χ1) is 8.72. The van der Waals surface area contributed by atoms with Gasteiger partial charge < -0.3 is 9.64 Å². The van der Waals surface area contributed by atoms with Gasteiger partial charge in [-0.3, -0.25) is 9.59 Å². The van der Waals surface area contributed by atoms with Crippen LogP contribution in [0.3, 0.4) is 0 Å². The fourth-order valence-electron chi connectivity index (χ4n) is 2.16. The van der Waals surface area contributed by atoms with Crippen molar-refractivity contribution in [1.29, 1.82) is 0 Å². The molecule has 0 radical (unpaired) electrons. The normalized spacial score (nSPS) is 19.7. The van der Waals surface area contributed by atoms with E-state index in [0.29, 0.717) is 26.1 Å². The van der Waals surface area contributed by atoms with Crippen LogP contribution in [0.15, 0.2) is 30.3 Å². The van der Waals surface area contributed by atoms with E-state index in [1.54, 1.807) is 6.92 Å². The molecular formula is C14H17NO3. The molecule has 1 aromatic carbocycles. The molecular weight excluding hydrogens is 230 g/mol. The van der Waals surface area contributed by atoms with Crippen molar-refractivity contribution in [3.8, 4) is 0 Å². The molecule has 4 nitrogen and oxygen atoms in total. The maximum atomic E-state index is 11.8. The third kappa shape index (κ3) is 2.70. The number of hydrogen-bond acceptors (Lipinski definition) is 4. The van der Waals surface area contributed by atoms with Gasteiger partial charge >= 0.3 is 5.97 Å². The third-order valence-corrected chi connectivity index (χ3v) is 3.11. The third-order valence-electron chi connectivity index (χ3n) is 3.11. The highest BCUT2D eigenvalue weighted by atomic mass is 16.5. The Morgan fingerprint density at radius 3 is 2.78 bits per heavy atom. The van der Waals surface area contributed by atoms with Crippen LogP contribution >= 0.6 is 0 Å². The molecule has 0 aliphatic carbocycles. The number of benzene rings is 1. The Morgan fingerprint density at radius 1 is 1.39 bits per heavy atom. The van der Waals surface area contributed by atoms with E-state index >= 15 is 0 Å². The molecule has 0 amide bonds. The average Bonchev–Trinajstić information content (AvgIpc) is 2.40. The monoisotopic (exact) mass is 247 g/mol. The lowest BCUT2D eigenvalue weighted by Crippen LogP contribution is -2.45. The maximum absolute atomic E-state index is 11.8. The number of Topliss-reactive ketones (excluding diaryl/α,β-unsaturated/α-hetero) is 1. The molecule has 1 fully saturated rings. The van der Waals surface area contributed by atoms with Crippen LogP contribution < -0.4 is 4.90 Å². The van der Waals surface area contributed by atoms with E-state index in [1.165, 1.54) is 0 Å².